The van der Waals surface area contributed by atoms with Crippen LogP contribution in [0, 0.1) is 5.41 Å². The quantitative estimate of drug-likeness (QED) is 0.761. The van der Waals surface area contributed by atoms with Crippen molar-refractivity contribution in [1.82, 2.24) is 0 Å². The number of ether oxygens (including phenoxy) is 2. The summed E-state index contributed by atoms with van der Waals surface area (Å²) in [7, 11) is -3.46. The second-order valence-electron chi connectivity index (χ2n) is 4.77. The Morgan fingerprint density at radius 2 is 1.94 bits per heavy atom. The van der Waals surface area contributed by atoms with Gasteiger partial charge in [-0.1, -0.05) is 0 Å². The van der Waals surface area contributed by atoms with Gasteiger partial charge in [-0.3, -0.25) is 0 Å². The normalized spacial score (nSPS) is 36.4. The summed E-state index contributed by atoms with van der Waals surface area (Å²) in [6.07, 6.45) is 3.52. The Morgan fingerprint density at radius 1 is 1.19 bits per heavy atom. The van der Waals surface area contributed by atoms with Crippen LogP contribution in [0.25, 0.3) is 0 Å². The van der Waals surface area contributed by atoms with E-state index in [1.54, 1.807) is 0 Å². The lowest BCUT2D eigenvalue weighted by Gasteiger charge is -2.31. The molecule has 2 saturated heterocycles. The maximum Gasteiger partial charge on any atom is 0.211 e. The van der Waals surface area contributed by atoms with Crippen LogP contribution in [-0.2, 0) is 19.5 Å². The third kappa shape index (κ3) is 2.74. The minimum Gasteiger partial charge on any atom is -0.381 e. The van der Waals surface area contributed by atoms with Gasteiger partial charge >= 0.3 is 0 Å². The van der Waals surface area contributed by atoms with Crippen molar-refractivity contribution >= 4 is 10.0 Å². The lowest BCUT2D eigenvalue weighted by Crippen LogP contribution is -2.38. The fraction of sp³-hybridized carbons (Fsp3) is 1.00. The summed E-state index contributed by atoms with van der Waals surface area (Å²) in [5.41, 5.74) is -0.0249. The molecule has 5 nitrogen and oxygen atoms in total. The molecule has 2 unspecified atom stereocenters. The molecule has 0 aliphatic carbocycles. The van der Waals surface area contributed by atoms with Gasteiger partial charge in [0.1, 0.15) is 0 Å². The maximum absolute atomic E-state index is 11.2. The Bertz CT molecular complexity index is 333. The molecule has 94 valence electrons. The van der Waals surface area contributed by atoms with E-state index in [2.05, 4.69) is 0 Å². The fourth-order valence-electron chi connectivity index (χ4n) is 2.78. The fourth-order valence-corrected chi connectivity index (χ4v) is 3.65. The highest BCUT2D eigenvalue weighted by Crippen LogP contribution is 2.44. The molecule has 2 atom stereocenters. The summed E-state index contributed by atoms with van der Waals surface area (Å²) in [5.74, 6) is -0.0625. The summed E-state index contributed by atoms with van der Waals surface area (Å²) < 4.78 is 33.3. The van der Waals surface area contributed by atoms with E-state index in [1.807, 2.05) is 0 Å². The van der Waals surface area contributed by atoms with E-state index in [9.17, 15) is 8.42 Å². The van der Waals surface area contributed by atoms with Crippen molar-refractivity contribution in [2.45, 2.75) is 31.8 Å². The predicted molar refractivity (Wildman–Crippen MR) is 59.4 cm³/mol. The molecule has 0 aromatic heterocycles. The Morgan fingerprint density at radius 3 is 2.69 bits per heavy atom. The number of hydrogen-bond acceptors (Lipinski definition) is 4. The lowest BCUT2D eigenvalue weighted by atomic mass is 9.75. The zero-order chi connectivity index (χ0) is 11.6. The Kier molecular flexibility index (Phi) is 3.53. The van der Waals surface area contributed by atoms with Gasteiger partial charge in [0.2, 0.25) is 10.0 Å². The summed E-state index contributed by atoms with van der Waals surface area (Å²) in [4.78, 5) is 0. The summed E-state index contributed by atoms with van der Waals surface area (Å²) in [6, 6.07) is 0. The standard InChI is InChI=1S/C10H19NO4S/c11-16(12,13)8-9-10(4-7-15-9)2-1-5-14-6-3-10/h9H,1-8H2,(H2,11,12,13). The van der Waals surface area contributed by atoms with Crippen molar-refractivity contribution < 1.29 is 17.9 Å². The highest BCUT2D eigenvalue weighted by molar-refractivity contribution is 7.89. The van der Waals surface area contributed by atoms with Crippen LogP contribution < -0.4 is 5.14 Å². The van der Waals surface area contributed by atoms with Crippen molar-refractivity contribution in [2.75, 3.05) is 25.6 Å². The van der Waals surface area contributed by atoms with Crippen molar-refractivity contribution in [1.29, 1.82) is 0 Å². The van der Waals surface area contributed by atoms with Crippen LogP contribution in [0.15, 0.2) is 0 Å². The molecule has 0 amide bonds. The van der Waals surface area contributed by atoms with Gasteiger partial charge in [-0.15, -0.1) is 0 Å². The number of sulfonamides is 1. The van der Waals surface area contributed by atoms with E-state index in [0.29, 0.717) is 13.2 Å². The maximum atomic E-state index is 11.2. The number of rotatable bonds is 2. The van der Waals surface area contributed by atoms with E-state index < -0.39 is 10.0 Å². The Labute approximate surface area is 96.3 Å². The van der Waals surface area contributed by atoms with E-state index in [1.165, 1.54) is 0 Å². The van der Waals surface area contributed by atoms with Gasteiger partial charge in [0.05, 0.1) is 11.9 Å². The Balaban J connectivity index is 2.11. The first-order valence-electron chi connectivity index (χ1n) is 5.72. The molecule has 2 fully saturated rings. The first kappa shape index (κ1) is 12.3. The van der Waals surface area contributed by atoms with E-state index in [0.717, 1.165) is 32.3 Å². The minimum absolute atomic E-state index is 0.0249. The molecule has 2 aliphatic heterocycles. The smallest absolute Gasteiger partial charge is 0.211 e. The molecule has 0 aromatic carbocycles. The zero-order valence-electron chi connectivity index (χ0n) is 9.35. The minimum atomic E-state index is -3.46. The SMILES string of the molecule is NS(=O)(=O)CC1OCCC12CCCOCC2. The zero-order valence-corrected chi connectivity index (χ0v) is 10.2. The van der Waals surface area contributed by atoms with Crippen LogP contribution in [0.2, 0.25) is 0 Å². The van der Waals surface area contributed by atoms with E-state index >= 15 is 0 Å². The average Bonchev–Trinajstić information content (AvgIpc) is 2.42. The summed E-state index contributed by atoms with van der Waals surface area (Å²) in [6.45, 7) is 2.11. The van der Waals surface area contributed by atoms with Gasteiger partial charge in [-0.25, -0.2) is 13.6 Å². The second-order valence-corrected chi connectivity index (χ2v) is 6.43. The van der Waals surface area contributed by atoms with Crippen LogP contribution in [0.4, 0.5) is 0 Å². The van der Waals surface area contributed by atoms with Gasteiger partial charge in [0, 0.05) is 25.2 Å². The van der Waals surface area contributed by atoms with Crippen LogP contribution in [0.1, 0.15) is 25.7 Å². The Hall–Kier alpha value is -0.170. The van der Waals surface area contributed by atoms with Crippen molar-refractivity contribution in [3.8, 4) is 0 Å². The van der Waals surface area contributed by atoms with Gasteiger partial charge in [0.25, 0.3) is 0 Å². The molecule has 0 saturated carbocycles. The molecule has 0 bridgehead atoms. The average molecular weight is 249 g/mol. The number of primary sulfonamides is 1. The second kappa shape index (κ2) is 4.60. The molecule has 2 rings (SSSR count). The third-order valence-electron chi connectivity index (χ3n) is 3.69. The molecular formula is C10H19NO4S. The molecule has 1 spiro atoms. The molecule has 2 aliphatic rings. The van der Waals surface area contributed by atoms with E-state index in [-0.39, 0.29) is 17.3 Å². The lowest BCUT2D eigenvalue weighted by molar-refractivity contribution is 0.0520. The number of nitrogens with two attached hydrogens (primary N) is 1. The van der Waals surface area contributed by atoms with Gasteiger partial charge < -0.3 is 9.47 Å². The van der Waals surface area contributed by atoms with Gasteiger partial charge in [-0.05, 0) is 25.7 Å². The van der Waals surface area contributed by atoms with Crippen LogP contribution >= 0.6 is 0 Å². The largest absolute Gasteiger partial charge is 0.381 e. The highest BCUT2D eigenvalue weighted by atomic mass is 32.2. The molecule has 16 heavy (non-hydrogen) atoms. The van der Waals surface area contributed by atoms with Crippen molar-refractivity contribution in [3.05, 3.63) is 0 Å². The molecular weight excluding hydrogens is 230 g/mol. The third-order valence-corrected chi connectivity index (χ3v) is 4.46. The molecule has 0 aromatic rings. The monoisotopic (exact) mass is 249 g/mol. The van der Waals surface area contributed by atoms with E-state index in [4.69, 9.17) is 14.6 Å². The van der Waals surface area contributed by atoms with Crippen molar-refractivity contribution in [3.63, 3.8) is 0 Å². The molecule has 0 radical (unpaired) electrons. The van der Waals surface area contributed by atoms with Gasteiger partial charge in [0.15, 0.2) is 0 Å². The highest BCUT2D eigenvalue weighted by Gasteiger charge is 2.45. The predicted octanol–water partition coefficient (Wildman–Crippen LogP) is 0.251. The summed E-state index contributed by atoms with van der Waals surface area (Å²) >= 11 is 0. The topological polar surface area (TPSA) is 78.6 Å². The first-order chi connectivity index (χ1) is 7.52. The number of hydrogen-bond donors (Lipinski definition) is 1. The first-order valence-corrected chi connectivity index (χ1v) is 7.43. The van der Waals surface area contributed by atoms with Crippen LogP contribution in [-0.4, -0.2) is 40.1 Å². The van der Waals surface area contributed by atoms with Crippen molar-refractivity contribution in [2.24, 2.45) is 10.6 Å². The van der Waals surface area contributed by atoms with Crippen LogP contribution in [0.5, 0.6) is 0 Å². The molecule has 6 heteroatoms. The van der Waals surface area contributed by atoms with Gasteiger partial charge in [-0.2, -0.15) is 0 Å². The van der Waals surface area contributed by atoms with Crippen LogP contribution in [0.3, 0.4) is 0 Å². The summed E-state index contributed by atoms with van der Waals surface area (Å²) in [5, 5.41) is 5.11. The molecule has 2 N–H and O–H groups in total. The molecule has 2 heterocycles.